The summed E-state index contributed by atoms with van der Waals surface area (Å²) in [6, 6.07) is -1.04. The molecule has 4 amide bonds. The van der Waals surface area contributed by atoms with Crippen molar-refractivity contribution in [1.82, 2.24) is 66.2 Å². The number of fused-ring (bicyclic) bond motifs is 9. The van der Waals surface area contributed by atoms with Gasteiger partial charge in [-0.05, 0) is 102 Å². The lowest BCUT2D eigenvalue weighted by molar-refractivity contribution is -0.269. The van der Waals surface area contributed by atoms with Crippen molar-refractivity contribution < 1.29 is 157 Å². The smallest absolute Gasteiger partial charge is 0.403 e. The molecular weight excluding hydrogens is 1790 g/mol. The number of ether oxygens (including phenoxy) is 26. The van der Waals surface area contributed by atoms with Crippen molar-refractivity contribution in [3.8, 4) is 0 Å². The van der Waals surface area contributed by atoms with E-state index in [2.05, 4.69) is 52.2 Å². The van der Waals surface area contributed by atoms with Gasteiger partial charge in [0.2, 0.25) is 23.6 Å². The van der Waals surface area contributed by atoms with Crippen LogP contribution in [0.4, 0.5) is 0 Å². The number of aliphatic hydroxyl groups is 1. The number of nitrogens with zero attached hydrogens (tertiary/aromatic N) is 9. The van der Waals surface area contributed by atoms with Crippen LogP contribution in [0.5, 0.6) is 0 Å². The Balaban J connectivity index is 0.574. The van der Waals surface area contributed by atoms with Crippen LogP contribution in [0.3, 0.4) is 0 Å². The Morgan fingerprint density at radius 1 is 0.426 bits per heavy atom. The largest absolute Gasteiger partial charge is 0.457 e. The van der Waals surface area contributed by atoms with Gasteiger partial charge in [0.25, 0.3) is 0 Å². The molecule has 12 rings (SSSR count). The third kappa shape index (κ3) is 33.4. The van der Waals surface area contributed by atoms with E-state index in [-0.39, 0.29) is 133 Å². The topological polar surface area (TPSA) is 487 Å². The minimum Gasteiger partial charge on any atom is -0.403 e. The Kier molecular flexibility index (Phi) is 42.0. The fourth-order valence-corrected chi connectivity index (χ4v) is 17.4. The average Bonchev–Trinajstić information content (AvgIpc) is 1.56. The molecule has 12 heterocycles. The number of carbonyl (C=O) groups excluding carboxylic acids is 4. The van der Waals surface area contributed by atoms with E-state index in [0.717, 1.165) is 25.6 Å². The van der Waals surface area contributed by atoms with E-state index in [0.29, 0.717) is 214 Å². The first kappa shape index (κ1) is 109. The third-order valence-electron chi connectivity index (χ3n) is 24.6. The predicted molar refractivity (Wildman–Crippen MR) is 474 cm³/mol. The maximum Gasteiger partial charge on any atom is 0.457 e. The van der Waals surface area contributed by atoms with Crippen molar-refractivity contribution in [3.63, 3.8) is 0 Å². The van der Waals surface area contributed by atoms with Crippen molar-refractivity contribution in [2.75, 3.05) is 198 Å². The summed E-state index contributed by atoms with van der Waals surface area (Å²) >= 11 is 0. The molecule has 9 saturated heterocycles. The number of rotatable bonds is 69. The molecule has 3 aromatic heterocycles. The first-order valence-corrected chi connectivity index (χ1v) is 48.0. The number of hydrogen-bond acceptors (Lipinski definition) is 39. The van der Waals surface area contributed by atoms with Gasteiger partial charge in [0.1, 0.15) is 82.0 Å². The molecule has 9 aliphatic heterocycles. The summed E-state index contributed by atoms with van der Waals surface area (Å²) in [5.41, 5.74) is -3.17. The Morgan fingerprint density at radius 2 is 0.794 bits per heavy atom. The SMILES string of the molecule is CC(=O)N[C@H]1[C@H]2OC[C@](COCCOCCOCCOCCn3cc(COCC(COCc4cn(CCOCCOCCOCCOC[C@@]56CO[C@@H](O5)[C@H](NC(C)=O)[C@H]5OC(C)(C)O[C@H]56)nn4)(COCc4cn(CCOCCOCCOCCOC[C@@]5(C)O[C@H](O)C[C@H]6OC(C)(C)O[C@H]65)nn4)NC(=O)CCCCCNC(=O)CCCCCB4OC(C)(C)C(C)(C)O4)nn3)(O2)[C@@H]2OC(C)(C)O[C@H]12. The van der Waals surface area contributed by atoms with E-state index in [9.17, 15) is 24.3 Å². The predicted octanol–water partition coefficient (Wildman–Crippen LogP) is 2.11. The van der Waals surface area contributed by atoms with Crippen molar-refractivity contribution >= 4 is 30.7 Å². The van der Waals surface area contributed by atoms with Crippen LogP contribution < -0.4 is 21.3 Å². The van der Waals surface area contributed by atoms with E-state index >= 15 is 0 Å². The minimum atomic E-state index is -1.29. The number of hydrogen-bond donors (Lipinski definition) is 5. The molecule has 0 spiro atoms. The fourth-order valence-electron chi connectivity index (χ4n) is 17.4. The molecule has 0 saturated carbocycles. The minimum absolute atomic E-state index is 0.00948. The van der Waals surface area contributed by atoms with Gasteiger partial charge in [-0.1, -0.05) is 34.9 Å². The van der Waals surface area contributed by atoms with Gasteiger partial charge in [-0.15, -0.1) is 15.3 Å². The van der Waals surface area contributed by atoms with Gasteiger partial charge in [0, 0.05) is 39.7 Å². The summed E-state index contributed by atoms with van der Waals surface area (Å²) in [6.07, 6.45) is 6.36. The highest BCUT2D eigenvalue weighted by Gasteiger charge is 2.68. The Hall–Kier alpha value is -5.80. The Labute approximate surface area is 796 Å². The molecule has 772 valence electrons. The lowest BCUT2D eigenvalue weighted by Gasteiger charge is -2.42. The summed E-state index contributed by atoms with van der Waals surface area (Å²) in [5, 5.41) is 48.5. The fraction of sp³-hybridized carbons (Fsp3) is 0.888. The molecule has 4 bridgehead atoms. The van der Waals surface area contributed by atoms with Gasteiger partial charge < -0.3 is 159 Å². The van der Waals surface area contributed by atoms with Crippen molar-refractivity contribution in [1.29, 1.82) is 0 Å². The van der Waals surface area contributed by atoms with Gasteiger partial charge in [-0.3, -0.25) is 19.2 Å². The van der Waals surface area contributed by atoms with E-state index in [4.69, 9.17) is 132 Å². The van der Waals surface area contributed by atoms with E-state index in [1.807, 2.05) is 76.2 Å². The van der Waals surface area contributed by atoms with Crippen LogP contribution in [0.1, 0.15) is 165 Å². The quantitative estimate of drug-likeness (QED) is 0.0399. The molecular formula is C89H150BN13O33. The van der Waals surface area contributed by atoms with E-state index in [1.54, 1.807) is 32.6 Å². The second-order valence-electron chi connectivity index (χ2n) is 38.3. The molecule has 0 radical (unpaired) electrons. The average molecular weight is 1940 g/mol. The lowest BCUT2D eigenvalue weighted by Crippen LogP contribution is -2.65. The molecule has 5 N–H and O–H groups in total. The normalized spacial score (nSPS) is 27.9. The molecule has 9 fully saturated rings. The van der Waals surface area contributed by atoms with E-state index < -0.39 is 95.1 Å². The number of nitrogens with one attached hydrogen (secondary N) is 4. The van der Waals surface area contributed by atoms with Gasteiger partial charge in [-0.25, -0.2) is 14.0 Å². The zero-order valence-corrected chi connectivity index (χ0v) is 81.7. The van der Waals surface area contributed by atoms with Gasteiger partial charge in [0.05, 0.1) is 267 Å². The second-order valence-corrected chi connectivity index (χ2v) is 38.3. The summed E-state index contributed by atoms with van der Waals surface area (Å²) in [4.78, 5) is 51.3. The maximum atomic E-state index is 14.4. The summed E-state index contributed by atoms with van der Waals surface area (Å²) in [6.45, 7) is 33.3. The second kappa shape index (κ2) is 52.5. The molecule has 3 aromatic rings. The molecule has 0 aromatic carbocycles. The van der Waals surface area contributed by atoms with Crippen molar-refractivity contribution in [3.05, 3.63) is 35.7 Å². The molecule has 47 heteroatoms. The van der Waals surface area contributed by atoms with Crippen LogP contribution in [0.25, 0.3) is 0 Å². The highest BCUT2D eigenvalue weighted by Crippen LogP contribution is 2.49. The molecule has 14 atom stereocenters. The van der Waals surface area contributed by atoms with Crippen LogP contribution in [-0.4, -0.2) is 397 Å². The van der Waals surface area contributed by atoms with Gasteiger partial charge in [-0.2, -0.15) is 0 Å². The zero-order valence-electron chi connectivity index (χ0n) is 81.7. The number of carbonyl (C=O) groups is 4. The summed E-state index contributed by atoms with van der Waals surface area (Å²) < 4.78 is 174. The number of aliphatic hydroxyl groups excluding tert-OH is 1. The van der Waals surface area contributed by atoms with Crippen LogP contribution in [0.15, 0.2) is 18.6 Å². The lowest BCUT2D eigenvalue weighted by atomic mass is 9.82. The molecule has 0 unspecified atom stereocenters. The van der Waals surface area contributed by atoms with E-state index in [1.165, 1.54) is 13.8 Å². The summed E-state index contributed by atoms with van der Waals surface area (Å²) in [7, 11) is -0.257. The molecule has 0 aliphatic carbocycles. The van der Waals surface area contributed by atoms with Crippen LogP contribution in [0, 0.1) is 0 Å². The Morgan fingerprint density at radius 3 is 1.21 bits per heavy atom. The summed E-state index contributed by atoms with van der Waals surface area (Å²) in [5.74, 6) is -3.25. The van der Waals surface area contributed by atoms with Crippen LogP contribution >= 0.6 is 0 Å². The maximum absolute atomic E-state index is 14.4. The molecule has 9 aliphatic rings. The number of aromatic nitrogens is 9. The Bertz CT molecular complexity index is 3900. The molecule has 136 heavy (non-hydrogen) atoms. The highest BCUT2D eigenvalue weighted by molar-refractivity contribution is 6.45. The zero-order chi connectivity index (χ0) is 96.7. The highest BCUT2D eigenvalue weighted by atomic mass is 16.8. The first-order chi connectivity index (χ1) is 65.2. The van der Waals surface area contributed by atoms with Gasteiger partial charge >= 0.3 is 7.12 Å². The standard InChI is InChI=1S/C89H150BN13O33/c1-63(104)92-72-74-77(131-84(9,10)128-74)88(61-124-79(72)133-88)59-119-46-43-116-40-37-113-34-31-110-28-25-102-50-66(96-99-102)53-122-57-87(94-70(107)21-17-15-19-23-91-69(106)20-16-14-18-22-90-135-81(3,4)82(5,6)136-90,56-121-52-65-49-101(98-95-65)24-27-109-30-33-112-36-39-115-42-45-118-55-86(13)76-68(48-71(108)127-86)126-83(7,8)130-76)58-123-54-67-51-103(100-97-67)26-29-111-32-35-114-38-41-117-44-47-120-60-89-62-125-80(134-89)73(93-64(2)105)75-78(89)132-85(11,12)129-75/h49-51,68,71-80,108H,14-48,52-62H2,1-13H3,(H,91,106)(H,92,104)(H,93,105)(H,94,107)/t68-,71+,72-,73-,74-,75-,76-,77-,78-,79+,80+,86-,88+,89+/m1/s1. The first-order valence-electron chi connectivity index (χ1n) is 48.0. The van der Waals surface area contributed by atoms with Crippen LogP contribution in [-0.2, 0) is 191 Å². The number of amides is 4. The van der Waals surface area contributed by atoms with Crippen LogP contribution in [0.2, 0.25) is 6.32 Å². The van der Waals surface area contributed by atoms with Crippen molar-refractivity contribution in [2.45, 2.75) is 312 Å². The number of unbranched alkanes of at least 4 members (excludes halogenated alkanes) is 4. The monoisotopic (exact) mass is 1940 g/mol. The van der Waals surface area contributed by atoms with Gasteiger partial charge in [0.15, 0.2) is 36.2 Å². The third-order valence-corrected chi connectivity index (χ3v) is 24.6. The molecule has 46 nitrogen and oxygen atoms in total. The van der Waals surface area contributed by atoms with Crippen molar-refractivity contribution in [2.24, 2.45) is 0 Å².